The lowest BCUT2D eigenvalue weighted by Crippen LogP contribution is -2.41. The Bertz CT molecular complexity index is 6690. The maximum Gasteiger partial charge on any atom is 0.481 e. The Labute approximate surface area is 827 Å². The van der Waals surface area contributed by atoms with Crippen molar-refractivity contribution in [1.82, 2.24) is 38.2 Å². The van der Waals surface area contributed by atoms with Crippen LogP contribution in [0.1, 0.15) is 101 Å². The molecule has 5 aliphatic heterocycles. The molecular formula is C78H102N10O51P8. The van der Waals surface area contributed by atoms with Crippen LogP contribution in [0.2, 0.25) is 0 Å². The largest absolute Gasteiger partial charge is 0.481 e. The zero-order valence-corrected chi connectivity index (χ0v) is 84.3. The average molecular weight is 2240 g/mol. The third-order valence-corrected chi connectivity index (χ3v) is 30.8. The summed E-state index contributed by atoms with van der Waals surface area (Å²) in [4.78, 5) is 218. The first kappa shape index (κ1) is 119. The van der Waals surface area contributed by atoms with Gasteiger partial charge in [-0.05, 0) is 76.1 Å². The van der Waals surface area contributed by atoms with Crippen molar-refractivity contribution >= 4 is 92.1 Å². The van der Waals surface area contributed by atoms with Gasteiger partial charge in [-0.2, -0.15) is 17.2 Å². The normalized spacial score (nSPS) is 25.8. The summed E-state index contributed by atoms with van der Waals surface area (Å²) >= 11 is 0. The van der Waals surface area contributed by atoms with Crippen molar-refractivity contribution in [3.8, 4) is 0 Å². The predicted octanol–water partition coefficient (Wildman–Crippen LogP) is 4.66. The number of para-hydroxylation sites is 2. The van der Waals surface area contributed by atoms with Crippen molar-refractivity contribution in [2.45, 2.75) is 177 Å². The number of H-pyrrole nitrogens is 4. The molecule has 13 unspecified atom stereocenters. The minimum atomic E-state index is -5.21. The van der Waals surface area contributed by atoms with Crippen LogP contribution < -0.4 is 55.6 Å². The van der Waals surface area contributed by atoms with Gasteiger partial charge in [0.1, 0.15) is 54.9 Å². The fraction of sp³-hybridized carbons (Fsp3) is 0.449. The van der Waals surface area contributed by atoms with Gasteiger partial charge in [-0.25, -0.2) is 70.1 Å². The smallest absolute Gasteiger partial charge is 0.451 e. The van der Waals surface area contributed by atoms with Crippen LogP contribution in [0, 0.1) is 0 Å². The lowest BCUT2D eigenvalue weighted by molar-refractivity contribution is -0.150. The Morgan fingerprint density at radius 1 is 0.367 bits per heavy atom. The first-order valence-corrected chi connectivity index (χ1v) is 55.4. The van der Waals surface area contributed by atoms with Crippen LogP contribution in [0.4, 0.5) is 21.0 Å². The number of carbonyl (C=O) groups is 3. The summed E-state index contributed by atoms with van der Waals surface area (Å²) in [6.07, 6.45) is -18.6. The number of nitrogens with one attached hydrogen (secondary N) is 6. The Morgan fingerprint density at radius 3 is 1.12 bits per heavy atom. The van der Waals surface area contributed by atoms with Crippen LogP contribution >= 0.6 is 62.6 Å². The number of aliphatic hydroxyl groups is 3. The second kappa shape index (κ2) is 53.3. The topological polar surface area (TPSA) is 848 Å². The quantitative estimate of drug-likeness (QED) is 0.0107. The van der Waals surface area contributed by atoms with Gasteiger partial charge < -0.3 is 97.1 Å². The van der Waals surface area contributed by atoms with Gasteiger partial charge in [0, 0.05) is 66.8 Å². The molecule has 61 nitrogen and oxygen atoms in total. The summed E-state index contributed by atoms with van der Waals surface area (Å²) in [5.41, 5.74) is -4.66. The number of rotatable bonds is 44. The molecule has 69 heteroatoms. The van der Waals surface area contributed by atoms with Crippen LogP contribution in [0.3, 0.4) is 0 Å². The third kappa shape index (κ3) is 36.6. The van der Waals surface area contributed by atoms with Crippen LogP contribution in [-0.4, -0.2) is 243 Å². The molecule has 0 saturated carbocycles. The molecule has 9 heterocycles. The fourth-order valence-electron chi connectivity index (χ4n) is 13.8. The highest BCUT2D eigenvalue weighted by Crippen LogP contribution is 2.64. The fourth-order valence-corrected chi connectivity index (χ4v) is 22.4. The molecule has 5 aliphatic rings. The van der Waals surface area contributed by atoms with Gasteiger partial charge in [0.05, 0.1) is 57.9 Å². The van der Waals surface area contributed by atoms with Gasteiger partial charge in [-0.3, -0.25) is 104 Å². The number of benzene rings is 4. The van der Waals surface area contributed by atoms with E-state index < -0.39 is 263 Å². The van der Waals surface area contributed by atoms with E-state index >= 15 is 0 Å². The second-order valence-corrected chi connectivity index (χ2v) is 43.3. The van der Waals surface area contributed by atoms with Crippen molar-refractivity contribution in [2.24, 2.45) is 0 Å². The van der Waals surface area contributed by atoms with E-state index in [2.05, 4.69) is 55.5 Å². The average Bonchev–Trinajstić information content (AvgIpc) is 1.48. The molecule has 5 saturated heterocycles. The number of amides is 2. The highest BCUT2D eigenvalue weighted by atomic mass is 31.3. The lowest BCUT2D eigenvalue weighted by atomic mass is 10.1. The molecule has 8 aromatic rings. The van der Waals surface area contributed by atoms with Gasteiger partial charge in [0.2, 0.25) is 0 Å². The summed E-state index contributed by atoms with van der Waals surface area (Å²) in [6, 6.07) is 37.3. The molecule has 0 bridgehead atoms. The molecule has 147 heavy (non-hydrogen) atoms. The number of hydrogen-bond donors (Lipinski definition) is 17. The first-order chi connectivity index (χ1) is 69.2. The van der Waals surface area contributed by atoms with Crippen LogP contribution in [0.15, 0.2) is 209 Å². The van der Waals surface area contributed by atoms with Gasteiger partial charge in [-0.1, -0.05) is 111 Å². The van der Waals surface area contributed by atoms with Gasteiger partial charge in [0.25, 0.3) is 22.2 Å². The van der Waals surface area contributed by atoms with Crippen LogP contribution in [0.5, 0.6) is 0 Å². The zero-order chi connectivity index (χ0) is 108. The molecule has 810 valence electrons. The van der Waals surface area contributed by atoms with Crippen molar-refractivity contribution in [1.29, 1.82) is 0 Å². The van der Waals surface area contributed by atoms with Crippen molar-refractivity contribution in [2.75, 3.05) is 56.9 Å². The highest BCUT2D eigenvalue weighted by molar-refractivity contribution is 7.62. The summed E-state index contributed by atoms with van der Waals surface area (Å²) in [5, 5.41) is 37.1. The van der Waals surface area contributed by atoms with E-state index in [-0.39, 0.29) is 25.4 Å². The maximum absolute atomic E-state index is 12.6. The Morgan fingerprint density at radius 2 is 0.707 bits per heavy atom. The Balaban J connectivity index is 0.000000201. The molecule has 2 amide bonds. The number of esters is 1. The number of aromatic amines is 4. The molecule has 4 aromatic carbocycles. The van der Waals surface area contributed by atoms with E-state index in [1.165, 1.54) is 46.0 Å². The number of aliphatic hydroxyl groups excluding tert-OH is 3. The zero-order valence-electron chi connectivity index (χ0n) is 77.2. The Hall–Kier alpha value is -9.71. The lowest BCUT2D eigenvalue weighted by Gasteiger charge is -2.22. The summed E-state index contributed by atoms with van der Waals surface area (Å²) in [5.74, 6) is -0.874. The number of aromatic nitrogens is 8. The summed E-state index contributed by atoms with van der Waals surface area (Å²) < 4.78 is 204. The molecule has 25 atom stereocenters. The van der Waals surface area contributed by atoms with E-state index in [9.17, 15) is 144 Å². The van der Waals surface area contributed by atoms with E-state index in [1.807, 2.05) is 52.2 Å². The van der Waals surface area contributed by atoms with Crippen LogP contribution in [0.25, 0.3) is 0 Å². The molecule has 5 fully saturated rings. The SMILES string of the molecule is CC(C)OP(=O)(O)OP(=O)(O)OC[C@H]1O[C@@H](n2ccc(=O)[nH]c2=O)[C@H]2OC(Cc3ccccc3)OC12.CCCCCCOP(=O)(O)OP(=O)(O)OC[C@H]1O[C@@H](n2ccc(=O)[nH]c2=O)[C@@H](OC(=O)c2ccccc2)C1O.CCOP(=O)(O)OP(=O)(O)OC[C@H]1O[C@@H](n2ccc(=O)[nH]c2=O)[C@@H](O)C1OC(=O)Nc1ccccc1.CCOP(=O)(O)OP(=O)(O)OC[C@H]1O[C@@H](n2ccc(=O)[nH]c2=O)[C@@H](OC(=O)Nc2ccccc2)C1O. The van der Waals surface area contributed by atoms with Crippen LogP contribution in [-0.2, 0) is 139 Å². The van der Waals surface area contributed by atoms with Crippen molar-refractivity contribution < 1.29 is 201 Å². The molecule has 0 spiro atoms. The monoisotopic (exact) mass is 2240 g/mol. The first-order valence-electron chi connectivity index (χ1n) is 43.4. The Kier molecular flexibility index (Phi) is 43.2. The maximum atomic E-state index is 12.6. The number of fused-ring (bicyclic) bond motifs is 1. The third-order valence-electron chi connectivity index (χ3n) is 20.0. The number of carbonyl (C=O) groups excluding carboxylic acids is 3. The van der Waals surface area contributed by atoms with Gasteiger partial charge in [-0.15, -0.1) is 0 Å². The predicted molar refractivity (Wildman–Crippen MR) is 495 cm³/mol. The summed E-state index contributed by atoms with van der Waals surface area (Å²) in [7, 11) is -40.4. The number of nitrogens with zero attached hydrogens (tertiary/aromatic N) is 4. The molecule has 0 radical (unpaired) electrons. The number of phosphoric ester groups is 8. The van der Waals surface area contributed by atoms with E-state index in [4.69, 9.17) is 56.2 Å². The van der Waals surface area contributed by atoms with E-state index in [0.717, 1.165) is 86.0 Å². The number of anilines is 2. The highest BCUT2D eigenvalue weighted by Gasteiger charge is 2.57. The summed E-state index contributed by atoms with van der Waals surface area (Å²) in [6.45, 7) is 3.39. The standard InChI is InChI=1S/C22H30N2O13P2.C20H26N2O12P2.2C18H23N3O13P2/c1-2-3-4-8-13-33-38(29,30)37-39(31,32)34-14-16-18(26)19(36-21(27)15-9-6-5-7-10-15)20(35-16)24-12-11-17(25)23-22(24)28;1-12(2)33-36(27,28)34-35(25,26)29-11-14-17-18(19(30-14)22-9-8-15(23)21-20(22)24)32-16(31-17)10-13-6-4-3-5-7-13;1-2-30-35(26,27)34-36(28,29)31-10-12-15(33-18(25)19-11-6-4-3-5-7-11)14(23)16(32-12)21-9-8-13(22)20-17(21)24;1-2-30-35(26,27)34-36(28,29)31-10-12-14(23)15(33-18(25)19-11-6-4-3-5-7-11)16(32-12)21-9-8-13(22)20-17(21)24/h5-7,9-12,16,18-20,26H,2-4,8,13-14H2,1H3,(H,29,30)(H,31,32)(H,23,25,28);3-9,12,14,16-19H,10-11H2,1-2H3,(H,25,26)(H,27,28)(H,21,23,24);2*3-9,12,14-16,23H,2,10H2,1H3,(H,19,25)(H,26,27)(H,28,29)(H,20,22,24)/t16-,18?,19+,20-;14-,16?,17?,18+,19-;12-,14+,15?,16-;12-,14?,15+,16-/m1111/s1. The molecule has 17 N–H and O–H groups in total. The number of hydrogen-bond acceptors (Lipinski definition) is 43. The van der Waals surface area contributed by atoms with E-state index in [0.29, 0.717) is 24.2 Å². The van der Waals surface area contributed by atoms with Gasteiger partial charge in [0.15, 0.2) is 49.5 Å². The molecule has 4 aromatic heterocycles. The molecular weight excluding hydrogens is 2140 g/mol. The van der Waals surface area contributed by atoms with E-state index in [1.54, 1.807) is 78.9 Å². The minimum Gasteiger partial charge on any atom is -0.451 e. The minimum absolute atomic E-state index is 0.124. The number of ether oxygens (including phenoxy) is 9. The van der Waals surface area contributed by atoms with Crippen molar-refractivity contribution in [3.05, 3.63) is 265 Å². The second-order valence-electron chi connectivity index (χ2n) is 31.2. The molecule has 0 aliphatic carbocycles. The number of unbranched alkanes of at least 4 members (excludes halogenated alkanes) is 3. The number of phosphoric acid groups is 8. The molecule has 13 rings (SSSR count). The van der Waals surface area contributed by atoms with Crippen molar-refractivity contribution in [3.63, 3.8) is 0 Å². The van der Waals surface area contributed by atoms with Gasteiger partial charge >= 0.3 is 103 Å².